The molecular weight excluding hydrogens is 468 g/mol. The van der Waals surface area contributed by atoms with Crippen LogP contribution in [-0.4, -0.2) is 21.3 Å². The van der Waals surface area contributed by atoms with E-state index in [1.807, 2.05) is 72.8 Å². The topological polar surface area (TPSA) is 67.1 Å². The Hall–Kier alpha value is -4.71. The van der Waals surface area contributed by atoms with Gasteiger partial charge in [0, 0.05) is 29.7 Å². The van der Waals surface area contributed by atoms with Gasteiger partial charge in [-0.2, -0.15) is 0 Å². The largest absolute Gasteiger partial charge is 0.493 e. The normalized spacial score (nSPS) is 10.8. The van der Waals surface area contributed by atoms with Crippen LogP contribution in [0.1, 0.15) is 11.1 Å². The van der Waals surface area contributed by atoms with Crippen molar-refractivity contribution < 1.29 is 23.4 Å². The third-order valence-corrected chi connectivity index (χ3v) is 6.13. The van der Waals surface area contributed by atoms with Crippen molar-refractivity contribution in [3.8, 4) is 40.1 Å². The molecule has 0 bridgehead atoms. The summed E-state index contributed by atoms with van der Waals surface area (Å²) in [5, 5.41) is 0.542. The Kier molecular flexibility index (Phi) is 6.81. The molecule has 37 heavy (non-hydrogen) atoms. The maximum Gasteiger partial charge on any atom is 0.203 e. The lowest BCUT2D eigenvalue weighted by molar-refractivity contribution is 0.321. The Labute approximate surface area is 214 Å². The molecule has 0 aliphatic carbocycles. The number of hydrogen-bond acceptors (Lipinski definition) is 6. The molecule has 1 aromatic heterocycles. The van der Waals surface area contributed by atoms with Crippen LogP contribution in [0.15, 0.2) is 100 Å². The van der Waals surface area contributed by atoms with Gasteiger partial charge in [0.1, 0.15) is 22.8 Å². The highest BCUT2D eigenvalue weighted by Crippen LogP contribution is 2.42. The number of benzene rings is 4. The fraction of sp³-hybridized carbons (Fsp3) is 0.129. The zero-order valence-electron chi connectivity index (χ0n) is 20.8. The molecule has 4 aromatic carbocycles. The average molecular weight is 495 g/mol. The molecule has 0 N–H and O–H groups in total. The van der Waals surface area contributed by atoms with Gasteiger partial charge in [-0.1, -0.05) is 60.7 Å². The Balaban J connectivity index is 1.60. The van der Waals surface area contributed by atoms with E-state index in [1.165, 1.54) is 0 Å². The second kappa shape index (κ2) is 10.5. The first-order chi connectivity index (χ1) is 18.1. The SMILES string of the molecule is COc1cc(Oc2ccccc2Cc2c(-c3ccccc3)oc3ccccc3c2=O)cc(OC)c1OC. The molecular formula is C31H26O6. The molecule has 5 rings (SSSR count). The van der Waals surface area contributed by atoms with E-state index in [-0.39, 0.29) is 5.43 Å². The molecule has 0 aliphatic heterocycles. The minimum Gasteiger partial charge on any atom is -0.493 e. The highest BCUT2D eigenvalue weighted by atomic mass is 16.5. The maximum absolute atomic E-state index is 13.7. The second-order valence-electron chi connectivity index (χ2n) is 8.35. The van der Waals surface area contributed by atoms with E-state index >= 15 is 0 Å². The van der Waals surface area contributed by atoms with E-state index < -0.39 is 0 Å². The van der Waals surface area contributed by atoms with Gasteiger partial charge in [0.2, 0.25) is 5.75 Å². The molecule has 0 unspecified atom stereocenters. The molecule has 186 valence electrons. The van der Waals surface area contributed by atoms with Crippen LogP contribution in [0.2, 0.25) is 0 Å². The third-order valence-electron chi connectivity index (χ3n) is 6.13. The van der Waals surface area contributed by atoms with Crippen molar-refractivity contribution in [1.82, 2.24) is 0 Å². The quantitative estimate of drug-likeness (QED) is 0.235. The Morgan fingerprint density at radius 3 is 2.05 bits per heavy atom. The molecule has 0 atom stereocenters. The van der Waals surface area contributed by atoms with E-state index in [0.29, 0.717) is 57.5 Å². The number of methoxy groups -OCH3 is 3. The Morgan fingerprint density at radius 2 is 1.35 bits per heavy atom. The van der Waals surface area contributed by atoms with Crippen molar-refractivity contribution in [2.75, 3.05) is 21.3 Å². The van der Waals surface area contributed by atoms with Crippen LogP contribution >= 0.6 is 0 Å². The second-order valence-corrected chi connectivity index (χ2v) is 8.35. The number of ether oxygens (including phenoxy) is 4. The molecule has 0 amide bonds. The summed E-state index contributed by atoms with van der Waals surface area (Å²) >= 11 is 0. The van der Waals surface area contributed by atoms with Crippen molar-refractivity contribution in [3.63, 3.8) is 0 Å². The van der Waals surface area contributed by atoms with Gasteiger partial charge < -0.3 is 23.4 Å². The molecule has 6 heteroatoms. The predicted molar refractivity (Wildman–Crippen MR) is 143 cm³/mol. The molecule has 0 saturated carbocycles. The zero-order valence-corrected chi connectivity index (χ0v) is 20.8. The van der Waals surface area contributed by atoms with E-state index in [9.17, 15) is 4.79 Å². The van der Waals surface area contributed by atoms with Gasteiger partial charge in [-0.05, 0) is 23.8 Å². The first-order valence-electron chi connectivity index (χ1n) is 11.8. The van der Waals surface area contributed by atoms with Crippen LogP contribution in [0, 0.1) is 0 Å². The molecule has 0 saturated heterocycles. The molecule has 0 spiro atoms. The van der Waals surface area contributed by atoms with E-state index in [0.717, 1.165) is 11.1 Å². The van der Waals surface area contributed by atoms with Crippen LogP contribution in [0.25, 0.3) is 22.3 Å². The number of fused-ring (bicyclic) bond motifs is 1. The van der Waals surface area contributed by atoms with Gasteiger partial charge in [0.15, 0.2) is 16.9 Å². The number of hydrogen-bond donors (Lipinski definition) is 0. The molecule has 1 heterocycles. The average Bonchev–Trinajstić information content (AvgIpc) is 2.95. The molecule has 5 aromatic rings. The Bertz CT molecular complexity index is 1580. The number of rotatable bonds is 8. The minimum absolute atomic E-state index is 0.0664. The molecule has 6 nitrogen and oxygen atoms in total. The van der Waals surface area contributed by atoms with Gasteiger partial charge >= 0.3 is 0 Å². The van der Waals surface area contributed by atoms with Gasteiger partial charge in [-0.15, -0.1) is 0 Å². The van der Waals surface area contributed by atoms with Gasteiger partial charge in [-0.25, -0.2) is 0 Å². The smallest absolute Gasteiger partial charge is 0.203 e. The van der Waals surface area contributed by atoms with Gasteiger partial charge in [-0.3, -0.25) is 4.79 Å². The van der Waals surface area contributed by atoms with Crippen molar-refractivity contribution >= 4 is 11.0 Å². The molecule has 0 radical (unpaired) electrons. The summed E-state index contributed by atoms with van der Waals surface area (Å²) in [6, 6.07) is 28.0. The predicted octanol–water partition coefficient (Wildman–Crippen LogP) is 6.87. The van der Waals surface area contributed by atoms with E-state index in [1.54, 1.807) is 39.5 Å². The highest BCUT2D eigenvalue weighted by Gasteiger charge is 2.19. The summed E-state index contributed by atoms with van der Waals surface area (Å²) in [4.78, 5) is 13.7. The van der Waals surface area contributed by atoms with Crippen LogP contribution < -0.4 is 24.4 Å². The third kappa shape index (κ3) is 4.74. The lowest BCUT2D eigenvalue weighted by Gasteiger charge is -2.16. The zero-order chi connectivity index (χ0) is 25.8. The van der Waals surface area contributed by atoms with E-state index in [2.05, 4.69) is 0 Å². The van der Waals surface area contributed by atoms with Crippen LogP contribution in [-0.2, 0) is 6.42 Å². The summed E-state index contributed by atoms with van der Waals surface area (Å²) in [5.74, 6) is 3.10. The Morgan fingerprint density at radius 1 is 0.703 bits per heavy atom. The van der Waals surface area contributed by atoms with Gasteiger partial charge in [0.25, 0.3) is 0 Å². The summed E-state index contributed by atoms with van der Waals surface area (Å²) in [7, 11) is 4.66. The van der Waals surface area contributed by atoms with E-state index in [4.69, 9.17) is 23.4 Å². The molecule has 0 fully saturated rings. The maximum atomic E-state index is 13.7. The van der Waals surface area contributed by atoms with Crippen LogP contribution in [0.4, 0.5) is 0 Å². The van der Waals surface area contributed by atoms with Crippen molar-refractivity contribution in [3.05, 3.63) is 112 Å². The van der Waals surface area contributed by atoms with Gasteiger partial charge in [0.05, 0.1) is 26.7 Å². The summed E-state index contributed by atoms with van der Waals surface area (Å²) in [6.45, 7) is 0. The van der Waals surface area contributed by atoms with Crippen molar-refractivity contribution in [2.45, 2.75) is 6.42 Å². The van der Waals surface area contributed by atoms with Crippen molar-refractivity contribution in [2.24, 2.45) is 0 Å². The van der Waals surface area contributed by atoms with Crippen molar-refractivity contribution in [1.29, 1.82) is 0 Å². The standard InChI is InChI=1S/C31H26O6/c1-33-27-18-22(19-28(34-2)31(27)35-3)36-25-15-9-7-13-21(25)17-24-29(32)23-14-8-10-16-26(23)37-30(24)20-11-5-4-6-12-20/h4-16,18-19H,17H2,1-3H3. The summed E-state index contributed by atoms with van der Waals surface area (Å²) in [6.07, 6.45) is 0.317. The summed E-state index contributed by atoms with van der Waals surface area (Å²) in [5.41, 5.74) is 2.71. The summed E-state index contributed by atoms with van der Waals surface area (Å²) < 4.78 is 28.9. The first-order valence-corrected chi connectivity index (χ1v) is 11.8. The number of para-hydroxylation sites is 2. The minimum atomic E-state index is -0.0664. The lowest BCUT2D eigenvalue weighted by atomic mass is 9.98. The molecule has 0 aliphatic rings. The highest BCUT2D eigenvalue weighted by molar-refractivity contribution is 5.80. The fourth-order valence-electron chi connectivity index (χ4n) is 4.35. The monoisotopic (exact) mass is 494 g/mol. The van der Waals surface area contributed by atoms with Crippen LogP contribution in [0.5, 0.6) is 28.7 Å². The van der Waals surface area contributed by atoms with Crippen LogP contribution in [0.3, 0.4) is 0 Å². The fourth-order valence-corrected chi connectivity index (χ4v) is 4.35. The lowest BCUT2D eigenvalue weighted by Crippen LogP contribution is -2.12. The first kappa shape index (κ1) is 24.0.